The number of halogens is 1. The number of carboxylic acids is 1. The Hall–Kier alpha value is -2.83. The number of aliphatic carboxylic acids is 1. The van der Waals surface area contributed by atoms with Gasteiger partial charge in [0.15, 0.2) is 11.5 Å². The van der Waals surface area contributed by atoms with Crippen molar-refractivity contribution in [1.82, 2.24) is 4.90 Å². The van der Waals surface area contributed by atoms with Crippen LogP contribution in [0.3, 0.4) is 0 Å². The Morgan fingerprint density at radius 2 is 1.76 bits per heavy atom. The molecule has 1 saturated heterocycles. The molecular formula is C27H28BrNO4. The summed E-state index contributed by atoms with van der Waals surface area (Å²) < 4.78 is 12.7. The lowest BCUT2D eigenvalue weighted by atomic mass is 9.91. The molecule has 0 saturated carbocycles. The van der Waals surface area contributed by atoms with Gasteiger partial charge in [-0.2, -0.15) is 0 Å². The van der Waals surface area contributed by atoms with Gasteiger partial charge in [-0.3, -0.25) is 9.69 Å². The zero-order valence-electron chi connectivity index (χ0n) is 18.6. The summed E-state index contributed by atoms with van der Waals surface area (Å²) in [4.78, 5) is 14.2. The highest BCUT2D eigenvalue weighted by molar-refractivity contribution is 9.10. The number of likely N-dealkylation sites (tertiary alicyclic amines) is 1. The minimum atomic E-state index is -0.772. The maximum atomic E-state index is 12.1. The Morgan fingerprint density at radius 1 is 1.03 bits per heavy atom. The van der Waals surface area contributed by atoms with E-state index in [1.807, 2.05) is 60.7 Å². The topological polar surface area (TPSA) is 59.0 Å². The molecule has 0 amide bonds. The number of piperidine rings is 1. The van der Waals surface area contributed by atoms with E-state index in [2.05, 4.69) is 33.0 Å². The zero-order valence-corrected chi connectivity index (χ0v) is 20.2. The average Bonchev–Trinajstić information content (AvgIpc) is 2.85. The van der Waals surface area contributed by atoms with Gasteiger partial charge in [-0.25, -0.2) is 0 Å². The summed E-state index contributed by atoms with van der Waals surface area (Å²) >= 11 is 3.51. The lowest BCUT2D eigenvalue weighted by molar-refractivity contribution is -0.145. The average molecular weight is 510 g/mol. The zero-order chi connectivity index (χ0) is 23.2. The second-order valence-corrected chi connectivity index (χ2v) is 9.14. The summed E-state index contributed by atoms with van der Waals surface area (Å²) in [5.74, 6) is 0.522. The van der Waals surface area contributed by atoms with Crippen LogP contribution in [0, 0.1) is 0 Å². The summed E-state index contributed by atoms with van der Waals surface area (Å²) in [7, 11) is 1.63. The standard InChI is InChI=1S/C27H28BrNO4/c1-32-25-17-21(12-15-24(25)33-18-19-7-3-2-4-8-19)26(20-10-13-22(28)14-11-20)29-16-6-5-9-23(29)27(30)31/h2-4,7-8,10-15,17,23,26H,5-6,9,16,18H2,1H3,(H,30,31). The van der Waals surface area contributed by atoms with Crippen LogP contribution in [-0.2, 0) is 11.4 Å². The molecule has 1 aliphatic rings. The molecule has 1 N–H and O–H groups in total. The third-order valence-electron chi connectivity index (χ3n) is 6.09. The summed E-state index contributed by atoms with van der Waals surface area (Å²) in [5.41, 5.74) is 3.11. The van der Waals surface area contributed by atoms with E-state index in [-0.39, 0.29) is 6.04 Å². The number of methoxy groups -OCH3 is 1. The molecule has 3 aromatic carbocycles. The second kappa shape index (κ2) is 10.9. The molecule has 1 aliphatic heterocycles. The van der Waals surface area contributed by atoms with Crippen LogP contribution in [0.25, 0.3) is 0 Å². The lowest BCUT2D eigenvalue weighted by Crippen LogP contribution is -2.46. The second-order valence-electron chi connectivity index (χ2n) is 8.23. The molecule has 2 atom stereocenters. The number of hydrogen-bond donors (Lipinski definition) is 1. The molecule has 1 fully saturated rings. The van der Waals surface area contributed by atoms with E-state index < -0.39 is 12.0 Å². The molecule has 0 spiro atoms. The number of benzene rings is 3. The first-order valence-electron chi connectivity index (χ1n) is 11.2. The molecule has 5 nitrogen and oxygen atoms in total. The quantitative estimate of drug-likeness (QED) is 0.399. The monoisotopic (exact) mass is 509 g/mol. The summed E-state index contributed by atoms with van der Waals surface area (Å²) in [5, 5.41) is 9.92. The van der Waals surface area contributed by atoms with E-state index in [1.165, 1.54) is 0 Å². The van der Waals surface area contributed by atoms with Crippen LogP contribution in [0.15, 0.2) is 77.3 Å². The van der Waals surface area contributed by atoms with Crippen LogP contribution in [-0.4, -0.2) is 35.7 Å². The van der Waals surface area contributed by atoms with Crippen molar-refractivity contribution in [3.05, 3.63) is 94.0 Å². The maximum Gasteiger partial charge on any atom is 0.320 e. The van der Waals surface area contributed by atoms with Gasteiger partial charge >= 0.3 is 5.97 Å². The third kappa shape index (κ3) is 5.57. The minimum absolute atomic E-state index is 0.198. The largest absolute Gasteiger partial charge is 0.493 e. The van der Waals surface area contributed by atoms with Crippen molar-refractivity contribution in [2.75, 3.05) is 13.7 Å². The predicted molar refractivity (Wildman–Crippen MR) is 132 cm³/mol. The Morgan fingerprint density at radius 3 is 2.45 bits per heavy atom. The highest BCUT2D eigenvalue weighted by Crippen LogP contribution is 2.38. The first-order chi connectivity index (χ1) is 16.1. The predicted octanol–water partition coefficient (Wildman–Crippen LogP) is 6.07. The molecule has 1 heterocycles. The highest BCUT2D eigenvalue weighted by Gasteiger charge is 2.35. The Bertz CT molecular complexity index is 1070. The first kappa shape index (κ1) is 23.3. The number of nitrogens with zero attached hydrogens (tertiary/aromatic N) is 1. The van der Waals surface area contributed by atoms with Crippen molar-refractivity contribution in [3.8, 4) is 11.5 Å². The van der Waals surface area contributed by atoms with Crippen LogP contribution in [0.1, 0.15) is 42.0 Å². The van der Waals surface area contributed by atoms with Crippen LogP contribution in [0.5, 0.6) is 11.5 Å². The third-order valence-corrected chi connectivity index (χ3v) is 6.62. The number of ether oxygens (including phenoxy) is 2. The fourth-order valence-electron chi connectivity index (χ4n) is 4.46. The number of rotatable bonds is 8. The SMILES string of the molecule is COc1cc(C(c2ccc(Br)cc2)N2CCCCC2C(=O)O)ccc1OCc1ccccc1. The van der Waals surface area contributed by atoms with Crippen molar-refractivity contribution < 1.29 is 19.4 Å². The Balaban J connectivity index is 1.68. The van der Waals surface area contributed by atoms with Crippen molar-refractivity contribution >= 4 is 21.9 Å². The van der Waals surface area contributed by atoms with Gasteiger partial charge in [0, 0.05) is 4.47 Å². The van der Waals surface area contributed by atoms with Gasteiger partial charge < -0.3 is 14.6 Å². The van der Waals surface area contributed by atoms with Gasteiger partial charge in [0.1, 0.15) is 12.6 Å². The van der Waals surface area contributed by atoms with Crippen LogP contribution in [0.4, 0.5) is 0 Å². The Labute approximate surface area is 203 Å². The number of carboxylic acid groups (broad SMARTS) is 1. The van der Waals surface area contributed by atoms with Crippen LogP contribution in [0.2, 0.25) is 0 Å². The molecule has 2 unspecified atom stereocenters. The molecule has 172 valence electrons. The maximum absolute atomic E-state index is 12.1. The molecule has 3 aromatic rings. The van der Waals surface area contributed by atoms with E-state index in [9.17, 15) is 9.90 Å². The molecular weight excluding hydrogens is 482 g/mol. The molecule has 33 heavy (non-hydrogen) atoms. The van der Waals surface area contributed by atoms with Gasteiger partial charge in [-0.15, -0.1) is 0 Å². The van der Waals surface area contributed by atoms with Crippen molar-refractivity contribution in [1.29, 1.82) is 0 Å². The smallest absolute Gasteiger partial charge is 0.320 e. The van der Waals surface area contributed by atoms with E-state index >= 15 is 0 Å². The van der Waals surface area contributed by atoms with Crippen LogP contribution >= 0.6 is 15.9 Å². The number of hydrogen-bond acceptors (Lipinski definition) is 4. The van der Waals surface area contributed by atoms with Gasteiger partial charge in [0.2, 0.25) is 0 Å². The summed E-state index contributed by atoms with van der Waals surface area (Å²) in [6.07, 6.45) is 2.56. The summed E-state index contributed by atoms with van der Waals surface area (Å²) in [6.45, 7) is 1.17. The lowest BCUT2D eigenvalue weighted by Gasteiger charge is -2.39. The molecule has 0 aliphatic carbocycles. The van der Waals surface area contributed by atoms with Gasteiger partial charge in [-0.1, -0.05) is 70.9 Å². The highest BCUT2D eigenvalue weighted by atomic mass is 79.9. The molecule has 0 aromatic heterocycles. The van der Waals surface area contributed by atoms with Crippen LogP contribution < -0.4 is 9.47 Å². The molecule has 4 rings (SSSR count). The van der Waals surface area contributed by atoms with Crippen molar-refractivity contribution in [2.45, 2.75) is 38.0 Å². The first-order valence-corrected chi connectivity index (χ1v) is 11.9. The van der Waals surface area contributed by atoms with Gasteiger partial charge in [-0.05, 0) is 60.3 Å². The fraction of sp³-hybridized carbons (Fsp3) is 0.296. The molecule has 0 radical (unpaired) electrons. The minimum Gasteiger partial charge on any atom is -0.493 e. The van der Waals surface area contributed by atoms with E-state index in [0.717, 1.165) is 40.5 Å². The fourth-order valence-corrected chi connectivity index (χ4v) is 4.72. The van der Waals surface area contributed by atoms with E-state index in [0.29, 0.717) is 24.5 Å². The molecule has 0 bridgehead atoms. The number of carbonyl (C=O) groups is 1. The summed E-state index contributed by atoms with van der Waals surface area (Å²) in [6, 6.07) is 23.3. The van der Waals surface area contributed by atoms with Crippen molar-refractivity contribution in [3.63, 3.8) is 0 Å². The Kier molecular flexibility index (Phi) is 7.68. The normalized spacial score (nSPS) is 17.3. The van der Waals surface area contributed by atoms with E-state index in [4.69, 9.17) is 9.47 Å². The molecule has 6 heteroatoms. The van der Waals surface area contributed by atoms with Gasteiger partial charge in [0.25, 0.3) is 0 Å². The van der Waals surface area contributed by atoms with Crippen molar-refractivity contribution in [2.24, 2.45) is 0 Å². The van der Waals surface area contributed by atoms with Gasteiger partial charge in [0.05, 0.1) is 13.2 Å². The van der Waals surface area contributed by atoms with E-state index in [1.54, 1.807) is 7.11 Å².